The van der Waals surface area contributed by atoms with Crippen molar-refractivity contribution in [1.29, 1.82) is 0 Å². The zero-order valence-electron chi connectivity index (χ0n) is 11.6. The van der Waals surface area contributed by atoms with Crippen LogP contribution in [0.25, 0.3) is 0 Å². The van der Waals surface area contributed by atoms with E-state index in [4.69, 9.17) is 16.7 Å². The lowest BCUT2D eigenvalue weighted by atomic mass is 10.1. The molecule has 110 valence electrons. The number of hydrogen-bond donors (Lipinski definition) is 3. The van der Waals surface area contributed by atoms with E-state index in [1.807, 2.05) is 19.9 Å². The van der Waals surface area contributed by atoms with Crippen molar-refractivity contribution >= 4 is 29.2 Å². The lowest BCUT2D eigenvalue weighted by Crippen LogP contribution is -2.41. The van der Waals surface area contributed by atoms with Gasteiger partial charge in [0.1, 0.15) is 6.04 Å². The number of carboxylic acid groups (broad SMARTS) is 1. The lowest BCUT2D eigenvalue weighted by Gasteiger charge is -2.13. The third-order valence-electron chi connectivity index (χ3n) is 2.84. The van der Waals surface area contributed by atoms with Crippen LogP contribution in [-0.2, 0) is 9.59 Å². The molecule has 0 aliphatic rings. The van der Waals surface area contributed by atoms with Gasteiger partial charge in [0.15, 0.2) is 0 Å². The van der Waals surface area contributed by atoms with Gasteiger partial charge in [0, 0.05) is 10.7 Å². The summed E-state index contributed by atoms with van der Waals surface area (Å²) in [6.45, 7) is 3.71. The number of carboxylic acids is 1. The van der Waals surface area contributed by atoms with E-state index < -0.39 is 12.0 Å². The Labute approximate surface area is 123 Å². The van der Waals surface area contributed by atoms with Gasteiger partial charge in [0.05, 0.1) is 6.54 Å². The molecule has 6 heteroatoms. The van der Waals surface area contributed by atoms with Gasteiger partial charge in [-0.3, -0.25) is 14.9 Å². The van der Waals surface area contributed by atoms with Gasteiger partial charge in [-0.25, -0.2) is 0 Å². The van der Waals surface area contributed by atoms with E-state index in [0.29, 0.717) is 17.1 Å². The fourth-order valence-electron chi connectivity index (χ4n) is 1.69. The molecule has 0 saturated heterocycles. The molecule has 0 spiro atoms. The van der Waals surface area contributed by atoms with E-state index in [-0.39, 0.29) is 12.5 Å². The van der Waals surface area contributed by atoms with Crippen LogP contribution < -0.4 is 10.6 Å². The average molecular weight is 299 g/mol. The van der Waals surface area contributed by atoms with Gasteiger partial charge in [-0.1, -0.05) is 31.0 Å². The quantitative estimate of drug-likeness (QED) is 0.722. The number of aliphatic carboxylic acids is 1. The molecule has 1 aromatic carbocycles. The van der Waals surface area contributed by atoms with Crippen molar-refractivity contribution < 1.29 is 14.7 Å². The summed E-state index contributed by atoms with van der Waals surface area (Å²) in [5.41, 5.74) is 1.52. The molecule has 0 fully saturated rings. The number of halogens is 1. The van der Waals surface area contributed by atoms with Crippen LogP contribution in [0.15, 0.2) is 18.2 Å². The number of nitrogens with one attached hydrogen (secondary N) is 2. The van der Waals surface area contributed by atoms with Gasteiger partial charge in [-0.05, 0) is 31.0 Å². The lowest BCUT2D eigenvalue weighted by molar-refractivity contribution is -0.139. The predicted molar refractivity (Wildman–Crippen MR) is 79.2 cm³/mol. The van der Waals surface area contributed by atoms with Crippen LogP contribution in [0, 0.1) is 6.92 Å². The maximum Gasteiger partial charge on any atom is 0.320 e. The molecule has 0 saturated carbocycles. The van der Waals surface area contributed by atoms with Gasteiger partial charge < -0.3 is 10.4 Å². The monoisotopic (exact) mass is 298 g/mol. The zero-order valence-corrected chi connectivity index (χ0v) is 12.3. The first-order chi connectivity index (χ1) is 9.43. The molecule has 1 unspecified atom stereocenters. The molecule has 0 heterocycles. The highest BCUT2D eigenvalue weighted by molar-refractivity contribution is 6.31. The average Bonchev–Trinajstić information content (AvgIpc) is 2.38. The fourth-order valence-corrected chi connectivity index (χ4v) is 1.87. The van der Waals surface area contributed by atoms with Gasteiger partial charge >= 0.3 is 5.97 Å². The molecular formula is C14H19ClN2O3. The number of carbonyl (C=O) groups is 2. The third kappa shape index (κ3) is 5.19. The Morgan fingerprint density at radius 2 is 2.10 bits per heavy atom. The van der Waals surface area contributed by atoms with E-state index >= 15 is 0 Å². The van der Waals surface area contributed by atoms with Crippen LogP contribution in [0.5, 0.6) is 0 Å². The van der Waals surface area contributed by atoms with Crippen molar-refractivity contribution in [3.05, 3.63) is 28.8 Å². The number of aryl methyl sites for hydroxylation is 1. The van der Waals surface area contributed by atoms with Crippen molar-refractivity contribution in [2.75, 3.05) is 11.9 Å². The van der Waals surface area contributed by atoms with Crippen LogP contribution in [0.1, 0.15) is 25.3 Å². The zero-order chi connectivity index (χ0) is 15.1. The number of rotatable bonds is 7. The van der Waals surface area contributed by atoms with Crippen LogP contribution in [0.3, 0.4) is 0 Å². The summed E-state index contributed by atoms with van der Waals surface area (Å²) in [5.74, 6) is -1.25. The van der Waals surface area contributed by atoms with Crippen molar-refractivity contribution in [2.45, 2.75) is 32.7 Å². The minimum atomic E-state index is -0.946. The molecule has 5 nitrogen and oxygen atoms in total. The number of carbonyl (C=O) groups excluding carboxylic acids is 1. The second-order valence-corrected chi connectivity index (χ2v) is 4.98. The van der Waals surface area contributed by atoms with E-state index in [2.05, 4.69) is 10.6 Å². The van der Waals surface area contributed by atoms with Crippen molar-refractivity contribution in [3.63, 3.8) is 0 Å². The minimum Gasteiger partial charge on any atom is -0.480 e. The summed E-state index contributed by atoms with van der Waals surface area (Å²) in [6, 6.07) is 4.52. The molecular weight excluding hydrogens is 280 g/mol. The van der Waals surface area contributed by atoms with Crippen molar-refractivity contribution in [3.8, 4) is 0 Å². The normalized spacial score (nSPS) is 11.9. The summed E-state index contributed by atoms with van der Waals surface area (Å²) < 4.78 is 0. The third-order valence-corrected chi connectivity index (χ3v) is 3.25. The van der Waals surface area contributed by atoms with Gasteiger partial charge in [-0.2, -0.15) is 0 Å². The van der Waals surface area contributed by atoms with E-state index in [1.54, 1.807) is 12.1 Å². The highest BCUT2D eigenvalue weighted by Crippen LogP contribution is 2.19. The number of hydrogen-bond acceptors (Lipinski definition) is 3. The fraction of sp³-hybridized carbons (Fsp3) is 0.429. The molecule has 20 heavy (non-hydrogen) atoms. The number of amides is 1. The van der Waals surface area contributed by atoms with Gasteiger partial charge in [0.25, 0.3) is 0 Å². The Morgan fingerprint density at radius 3 is 2.65 bits per heavy atom. The molecule has 0 aliphatic heterocycles. The Hall–Kier alpha value is -1.59. The highest BCUT2D eigenvalue weighted by atomic mass is 35.5. The molecule has 0 aliphatic carbocycles. The summed E-state index contributed by atoms with van der Waals surface area (Å²) in [4.78, 5) is 22.7. The summed E-state index contributed by atoms with van der Waals surface area (Å²) in [7, 11) is 0. The topological polar surface area (TPSA) is 78.4 Å². The van der Waals surface area contributed by atoms with Crippen LogP contribution in [0.4, 0.5) is 5.69 Å². The smallest absolute Gasteiger partial charge is 0.320 e. The maximum absolute atomic E-state index is 11.7. The Kier molecular flexibility index (Phi) is 6.48. The van der Waals surface area contributed by atoms with Gasteiger partial charge in [-0.15, -0.1) is 0 Å². The first-order valence-electron chi connectivity index (χ1n) is 6.46. The summed E-state index contributed by atoms with van der Waals surface area (Å²) in [5, 5.41) is 14.9. The molecule has 0 radical (unpaired) electrons. The molecule has 0 aromatic heterocycles. The largest absolute Gasteiger partial charge is 0.480 e. The molecule has 3 N–H and O–H groups in total. The number of anilines is 1. The molecule has 1 aromatic rings. The van der Waals surface area contributed by atoms with E-state index in [0.717, 1.165) is 12.0 Å². The van der Waals surface area contributed by atoms with E-state index in [1.165, 1.54) is 0 Å². The minimum absolute atomic E-state index is 0.0531. The summed E-state index contributed by atoms with van der Waals surface area (Å²) >= 11 is 5.96. The van der Waals surface area contributed by atoms with Crippen molar-refractivity contribution in [2.24, 2.45) is 0 Å². The SMILES string of the molecule is CCCC(NCC(=O)Nc1ccc(C)c(Cl)c1)C(=O)O. The maximum atomic E-state index is 11.7. The highest BCUT2D eigenvalue weighted by Gasteiger charge is 2.16. The van der Waals surface area contributed by atoms with Gasteiger partial charge in [0.2, 0.25) is 5.91 Å². The molecule has 1 atom stereocenters. The van der Waals surface area contributed by atoms with Crippen LogP contribution >= 0.6 is 11.6 Å². The molecule has 1 amide bonds. The first kappa shape index (κ1) is 16.5. The Morgan fingerprint density at radius 1 is 1.40 bits per heavy atom. The van der Waals surface area contributed by atoms with Crippen LogP contribution in [0.2, 0.25) is 5.02 Å². The standard InChI is InChI=1S/C14H19ClN2O3/c1-3-4-12(14(19)20)16-8-13(18)17-10-6-5-9(2)11(15)7-10/h5-7,12,16H,3-4,8H2,1-2H3,(H,17,18)(H,19,20). The molecule has 0 bridgehead atoms. The van der Waals surface area contributed by atoms with E-state index in [9.17, 15) is 9.59 Å². The Balaban J connectivity index is 2.50. The van der Waals surface area contributed by atoms with Crippen molar-refractivity contribution in [1.82, 2.24) is 5.32 Å². The van der Waals surface area contributed by atoms with Crippen LogP contribution in [-0.4, -0.2) is 29.6 Å². The number of benzene rings is 1. The second kappa shape index (κ2) is 7.87. The second-order valence-electron chi connectivity index (χ2n) is 4.57. The first-order valence-corrected chi connectivity index (χ1v) is 6.84. The predicted octanol–water partition coefficient (Wildman–Crippen LogP) is 2.43. The Bertz CT molecular complexity index is 491. The summed E-state index contributed by atoms with van der Waals surface area (Å²) in [6.07, 6.45) is 1.22. The molecule has 1 rings (SSSR count).